The van der Waals surface area contributed by atoms with Gasteiger partial charge in [0.25, 0.3) is 0 Å². The van der Waals surface area contributed by atoms with Crippen molar-refractivity contribution >= 4 is 6.09 Å². The maximum Gasteiger partial charge on any atom is 0.419 e. The highest BCUT2D eigenvalue weighted by molar-refractivity contribution is 5.76. The van der Waals surface area contributed by atoms with Crippen LogP contribution in [0, 0.1) is 6.92 Å². The number of hydrogen-bond acceptors (Lipinski definition) is 3. The van der Waals surface area contributed by atoms with Gasteiger partial charge in [0.1, 0.15) is 5.82 Å². The van der Waals surface area contributed by atoms with Crippen LogP contribution in [0.2, 0.25) is 0 Å². The number of nitrogens with zero attached hydrogens (tertiary/aromatic N) is 2. The Kier molecular flexibility index (Phi) is 3.23. The first-order chi connectivity index (χ1) is 8.22. The minimum atomic E-state index is -0.396. The average molecular weight is 230 g/mol. The monoisotopic (exact) mass is 230 g/mol. The van der Waals surface area contributed by atoms with Gasteiger partial charge in [-0.2, -0.15) is 0 Å². The average Bonchev–Trinajstić information content (AvgIpc) is 2.73. The maximum atomic E-state index is 11.8. The number of aromatic nitrogens is 2. The molecule has 4 heteroatoms. The summed E-state index contributed by atoms with van der Waals surface area (Å²) in [6.45, 7) is 3.98. The van der Waals surface area contributed by atoms with Crippen LogP contribution in [0.15, 0.2) is 36.5 Å². The van der Waals surface area contributed by atoms with E-state index in [9.17, 15) is 4.79 Å². The van der Waals surface area contributed by atoms with Gasteiger partial charge < -0.3 is 4.74 Å². The van der Waals surface area contributed by atoms with E-state index in [-0.39, 0.29) is 0 Å². The first-order valence-corrected chi connectivity index (χ1v) is 5.51. The molecule has 17 heavy (non-hydrogen) atoms. The predicted molar refractivity (Wildman–Crippen MR) is 64.8 cm³/mol. The van der Waals surface area contributed by atoms with Crippen LogP contribution < -0.4 is 0 Å². The zero-order chi connectivity index (χ0) is 12.3. The Hall–Kier alpha value is -2.10. The number of imidazole rings is 1. The zero-order valence-electron chi connectivity index (χ0n) is 9.88. The molecule has 0 radical (unpaired) electrons. The van der Waals surface area contributed by atoms with Crippen LogP contribution in [0.1, 0.15) is 12.6 Å². The molecule has 0 saturated heterocycles. The minimum Gasteiger partial charge on any atom is -0.449 e. The van der Waals surface area contributed by atoms with E-state index in [0.29, 0.717) is 12.4 Å². The Balaban J connectivity index is 2.44. The summed E-state index contributed by atoms with van der Waals surface area (Å²) in [7, 11) is 0. The highest BCUT2D eigenvalue weighted by Gasteiger charge is 2.14. The molecule has 0 amide bonds. The number of rotatable bonds is 2. The largest absolute Gasteiger partial charge is 0.449 e. The van der Waals surface area contributed by atoms with Crippen molar-refractivity contribution < 1.29 is 9.53 Å². The van der Waals surface area contributed by atoms with Crippen LogP contribution in [0.4, 0.5) is 4.79 Å². The normalized spacial score (nSPS) is 10.2. The maximum absolute atomic E-state index is 11.8. The molecular weight excluding hydrogens is 216 g/mol. The highest BCUT2D eigenvalue weighted by Crippen LogP contribution is 2.18. The van der Waals surface area contributed by atoms with Crippen molar-refractivity contribution in [3.63, 3.8) is 0 Å². The van der Waals surface area contributed by atoms with Crippen LogP contribution in [0.5, 0.6) is 0 Å². The van der Waals surface area contributed by atoms with Crippen LogP contribution in [-0.2, 0) is 4.74 Å². The molecule has 2 aromatic rings. The molecule has 0 N–H and O–H groups in total. The van der Waals surface area contributed by atoms with Crippen molar-refractivity contribution in [2.75, 3.05) is 6.61 Å². The van der Waals surface area contributed by atoms with Crippen LogP contribution in [-0.4, -0.2) is 22.3 Å². The Morgan fingerprint density at radius 3 is 2.71 bits per heavy atom. The van der Waals surface area contributed by atoms with Crippen molar-refractivity contribution in [1.29, 1.82) is 0 Å². The molecule has 1 aromatic heterocycles. The third kappa shape index (κ3) is 2.36. The first kappa shape index (κ1) is 11.4. The molecule has 0 aliphatic rings. The van der Waals surface area contributed by atoms with Crippen molar-refractivity contribution in [2.45, 2.75) is 13.8 Å². The number of hydrogen-bond donors (Lipinski definition) is 0. The second-order valence-corrected chi connectivity index (χ2v) is 3.64. The summed E-state index contributed by atoms with van der Waals surface area (Å²) in [5.74, 6) is 0.613. The van der Waals surface area contributed by atoms with Gasteiger partial charge in [0.05, 0.1) is 12.3 Å². The van der Waals surface area contributed by atoms with E-state index in [4.69, 9.17) is 4.74 Å². The topological polar surface area (TPSA) is 44.1 Å². The number of benzene rings is 1. The summed E-state index contributed by atoms with van der Waals surface area (Å²) in [5, 5.41) is 0. The number of carbonyl (C=O) groups is 1. The van der Waals surface area contributed by atoms with Crippen molar-refractivity contribution in [1.82, 2.24) is 9.55 Å². The van der Waals surface area contributed by atoms with Gasteiger partial charge in [-0.05, 0) is 13.8 Å². The Bertz CT molecular complexity index is 517. The van der Waals surface area contributed by atoms with Gasteiger partial charge in [0.15, 0.2) is 0 Å². The molecule has 4 nitrogen and oxygen atoms in total. The summed E-state index contributed by atoms with van der Waals surface area (Å²) in [4.78, 5) is 16.1. The fourth-order valence-electron chi connectivity index (χ4n) is 1.62. The van der Waals surface area contributed by atoms with Gasteiger partial charge in [-0.15, -0.1) is 0 Å². The van der Waals surface area contributed by atoms with E-state index in [2.05, 4.69) is 4.98 Å². The molecule has 1 aromatic carbocycles. The smallest absolute Gasteiger partial charge is 0.419 e. The minimum absolute atomic E-state index is 0.351. The van der Waals surface area contributed by atoms with Gasteiger partial charge in [-0.25, -0.2) is 14.3 Å². The zero-order valence-corrected chi connectivity index (χ0v) is 9.88. The number of aryl methyl sites for hydroxylation is 1. The third-order valence-electron chi connectivity index (χ3n) is 2.32. The lowest BCUT2D eigenvalue weighted by atomic mass is 10.2. The van der Waals surface area contributed by atoms with E-state index in [1.54, 1.807) is 13.1 Å². The Morgan fingerprint density at radius 2 is 2.06 bits per heavy atom. The molecule has 0 atom stereocenters. The molecule has 88 valence electrons. The van der Waals surface area contributed by atoms with E-state index in [1.165, 1.54) is 4.57 Å². The van der Waals surface area contributed by atoms with Gasteiger partial charge in [0.2, 0.25) is 0 Å². The van der Waals surface area contributed by atoms with Gasteiger partial charge in [0, 0.05) is 11.8 Å². The summed E-state index contributed by atoms with van der Waals surface area (Å²) < 4.78 is 6.43. The van der Waals surface area contributed by atoms with E-state index in [1.807, 2.05) is 37.3 Å². The fraction of sp³-hybridized carbons (Fsp3) is 0.231. The van der Waals surface area contributed by atoms with Gasteiger partial charge in [-0.3, -0.25) is 0 Å². The Morgan fingerprint density at radius 1 is 1.35 bits per heavy atom. The van der Waals surface area contributed by atoms with Crippen molar-refractivity contribution in [2.24, 2.45) is 0 Å². The molecule has 0 aliphatic heterocycles. The lowest BCUT2D eigenvalue weighted by Gasteiger charge is -2.05. The summed E-state index contributed by atoms with van der Waals surface area (Å²) in [6.07, 6.45) is 1.28. The molecule has 0 spiro atoms. The van der Waals surface area contributed by atoms with Gasteiger partial charge >= 0.3 is 6.09 Å². The first-order valence-electron chi connectivity index (χ1n) is 5.51. The van der Waals surface area contributed by atoms with Crippen LogP contribution in [0.3, 0.4) is 0 Å². The Labute approximate surface area is 99.9 Å². The molecule has 0 aliphatic carbocycles. The van der Waals surface area contributed by atoms with E-state index in [0.717, 1.165) is 11.3 Å². The third-order valence-corrected chi connectivity index (χ3v) is 2.32. The second-order valence-electron chi connectivity index (χ2n) is 3.64. The van der Waals surface area contributed by atoms with Gasteiger partial charge in [-0.1, -0.05) is 30.3 Å². The second kappa shape index (κ2) is 4.82. The summed E-state index contributed by atoms with van der Waals surface area (Å²) in [5.41, 5.74) is 1.69. The lowest BCUT2D eigenvalue weighted by Crippen LogP contribution is -2.13. The van der Waals surface area contributed by atoms with Crippen molar-refractivity contribution in [3.8, 4) is 11.4 Å². The number of ether oxygens (including phenoxy) is 1. The van der Waals surface area contributed by atoms with Crippen molar-refractivity contribution in [3.05, 3.63) is 42.2 Å². The van der Waals surface area contributed by atoms with Crippen LogP contribution in [0.25, 0.3) is 11.4 Å². The quantitative estimate of drug-likeness (QED) is 0.796. The molecule has 2 rings (SSSR count). The molecule has 0 unspecified atom stereocenters. The van der Waals surface area contributed by atoms with E-state index < -0.39 is 6.09 Å². The molecule has 0 bridgehead atoms. The molecule has 0 fully saturated rings. The lowest BCUT2D eigenvalue weighted by molar-refractivity contribution is 0.154. The predicted octanol–water partition coefficient (Wildman–Crippen LogP) is 2.86. The van der Waals surface area contributed by atoms with E-state index >= 15 is 0 Å². The summed E-state index contributed by atoms with van der Waals surface area (Å²) >= 11 is 0. The standard InChI is InChI=1S/C13H14N2O2/c1-3-17-13(16)15-9-10(2)14-12(15)11-7-5-4-6-8-11/h4-9H,3H2,1-2H3. The highest BCUT2D eigenvalue weighted by atomic mass is 16.5. The fourth-order valence-corrected chi connectivity index (χ4v) is 1.62. The molecular formula is C13H14N2O2. The van der Waals surface area contributed by atoms with Crippen LogP contribution >= 0.6 is 0 Å². The molecule has 1 heterocycles. The number of carbonyl (C=O) groups excluding carboxylic acids is 1. The summed E-state index contributed by atoms with van der Waals surface area (Å²) in [6, 6.07) is 9.58. The molecule has 0 saturated carbocycles. The SMILES string of the molecule is CCOC(=O)n1cc(C)nc1-c1ccccc1.